The molecule has 5 rings (SSSR count). The molecule has 0 unspecified atom stereocenters. The molecule has 0 bridgehead atoms. The summed E-state index contributed by atoms with van der Waals surface area (Å²) >= 11 is 0. The largest absolute Gasteiger partial charge is 1.00 e. The van der Waals surface area contributed by atoms with Gasteiger partial charge in [-0.2, -0.15) is 4.98 Å². The molecule has 1 aliphatic rings. The Balaban J connectivity index is 0.00000259. The second kappa shape index (κ2) is 9.47. The predicted molar refractivity (Wildman–Crippen MR) is 120 cm³/mol. The number of pyridine rings is 1. The van der Waals surface area contributed by atoms with Crippen molar-refractivity contribution >= 4 is 28.1 Å². The number of quaternary nitrogens is 1. The van der Waals surface area contributed by atoms with Crippen LogP contribution in [0.3, 0.4) is 0 Å². The van der Waals surface area contributed by atoms with Gasteiger partial charge in [-0.3, -0.25) is 19.3 Å². The minimum absolute atomic E-state index is 0. The van der Waals surface area contributed by atoms with Crippen LogP contribution in [0.1, 0.15) is 0 Å². The highest BCUT2D eigenvalue weighted by Crippen LogP contribution is 2.27. The summed E-state index contributed by atoms with van der Waals surface area (Å²) in [6, 6.07) is 14.0. The van der Waals surface area contributed by atoms with Crippen molar-refractivity contribution in [3.05, 3.63) is 75.2 Å². The third-order valence-electron chi connectivity index (χ3n) is 5.90. The van der Waals surface area contributed by atoms with Gasteiger partial charge in [-0.05, 0) is 24.3 Å². The Morgan fingerprint density at radius 3 is 2.70 bits per heavy atom. The number of para-hydroxylation sites is 2. The molecule has 1 fully saturated rings. The van der Waals surface area contributed by atoms with Gasteiger partial charge in [0.05, 0.1) is 36.6 Å². The zero-order chi connectivity index (χ0) is 22.1. The first kappa shape index (κ1) is 22.6. The van der Waals surface area contributed by atoms with E-state index in [4.69, 9.17) is 4.74 Å². The summed E-state index contributed by atoms with van der Waals surface area (Å²) in [4.78, 5) is 33.9. The van der Waals surface area contributed by atoms with E-state index in [1.807, 2.05) is 24.4 Å². The molecule has 0 amide bonds. The van der Waals surface area contributed by atoms with Crippen LogP contribution in [0.25, 0.3) is 16.7 Å². The smallest absolute Gasteiger partial charge is 0.292 e. The van der Waals surface area contributed by atoms with Crippen LogP contribution in [0.5, 0.6) is 5.88 Å². The normalized spacial score (nSPS) is 14.4. The van der Waals surface area contributed by atoms with Gasteiger partial charge < -0.3 is 31.9 Å². The third kappa shape index (κ3) is 4.48. The van der Waals surface area contributed by atoms with Gasteiger partial charge in [0.15, 0.2) is 5.65 Å². The number of anilines is 1. The monoisotopic (exact) mass is 470 g/mol. The van der Waals surface area contributed by atoms with Gasteiger partial charge in [-0.25, -0.2) is 0 Å². The number of piperazine rings is 1. The highest BCUT2D eigenvalue weighted by atomic mass is 35.5. The van der Waals surface area contributed by atoms with E-state index in [1.165, 1.54) is 4.90 Å². The Kier molecular flexibility index (Phi) is 6.47. The number of H-pyrrole nitrogens is 1. The maximum absolute atomic E-state index is 12.1. The number of nitro groups is 1. The summed E-state index contributed by atoms with van der Waals surface area (Å²) < 4.78 is 7.65. The molecule has 1 aromatic carbocycles. The number of nitrogens with zero attached hydrogens (tertiary/aromatic N) is 4. The molecule has 172 valence electrons. The van der Waals surface area contributed by atoms with E-state index in [0.29, 0.717) is 34.9 Å². The molecule has 2 N–H and O–H groups in total. The van der Waals surface area contributed by atoms with Crippen LogP contribution in [-0.4, -0.2) is 58.6 Å². The summed E-state index contributed by atoms with van der Waals surface area (Å²) in [7, 11) is 0. The molecule has 0 saturated carbocycles. The number of nitrogens with one attached hydrogen (secondary N) is 2. The average Bonchev–Trinajstić information content (AvgIpc) is 3.31. The van der Waals surface area contributed by atoms with E-state index >= 15 is 0 Å². The summed E-state index contributed by atoms with van der Waals surface area (Å²) in [6.45, 7) is 4.60. The van der Waals surface area contributed by atoms with Gasteiger partial charge in [-0.15, -0.1) is 0 Å². The van der Waals surface area contributed by atoms with E-state index in [1.54, 1.807) is 34.7 Å². The van der Waals surface area contributed by atoms with Crippen molar-refractivity contribution in [2.24, 2.45) is 0 Å². The molecule has 11 heteroatoms. The molecule has 0 aliphatic carbocycles. The van der Waals surface area contributed by atoms with Crippen LogP contribution in [0.2, 0.25) is 0 Å². The van der Waals surface area contributed by atoms with Crippen molar-refractivity contribution in [3.63, 3.8) is 0 Å². The minimum Gasteiger partial charge on any atom is -1.00 e. The number of fused-ring (bicyclic) bond motifs is 3. The molecule has 0 atom stereocenters. The Morgan fingerprint density at radius 2 is 1.91 bits per heavy atom. The van der Waals surface area contributed by atoms with Crippen LogP contribution >= 0.6 is 0 Å². The first-order valence-electron chi connectivity index (χ1n) is 10.5. The van der Waals surface area contributed by atoms with E-state index in [-0.39, 0.29) is 28.6 Å². The molecule has 1 aliphatic heterocycles. The molecule has 1 saturated heterocycles. The molecule has 0 spiro atoms. The number of ether oxygens (including phenoxy) is 1. The molecule has 4 heterocycles. The maximum Gasteiger partial charge on any atom is 0.292 e. The van der Waals surface area contributed by atoms with E-state index in [2.05, 4.69) is 14.9 Å². The summed E-state index contributed by atoms with van der Waals surface area (Å²) in [5.41, 5.74) is 2.53. The first-order valence-corrected chi connectivity index (χ1v) is 10.5. The SMILES string of the molecule is O=c1[nH]c2ccc(OCC[NH+]3CCN(c4ccccc4[N+](=O)[O-])CC3)nc2n2cccc12.[Cl-]. The number of aromatic nitrogens is 3. The second-order valence-electron chi connectivity index (χ2n) is 7.82. The lowest BCUT2D eigenvalue weighted by Gasteiger charge is -2.33. The number of nitro benzene ring substituents is 1. The fraction of sp³-hybridized carbons (Fsp3) is 0.273. The van der Waals surface area contributed by atoms with Crippen LogP contribution in [0, 0.1) is 10.1 Å². The van der Waals surface area contributed by atoms with Crippen LogP contribution in [0.15, 0.2) is 59.5 Å². The molecule has 4 aromatic rings. The van der Waals surface area contributed by atoms with Crippen LogP contribution in [0.4, 0.5) is 11.4 Å². The Morgan fingerprint density at radius 1 is 1.12 bits per heavy atom. The zero-order valence-electron chi connectivity index (χ0n) is 17.7. The fourth-order valence-corrected chi connectivity index (χ4v) is 4.23. The number of aromatic amines is 1. The highest BCUT2D eigenvalue weighted by molar-refractivity contribution is 5.74. The fourth-order valence-electron chi connectivity index (χ4n) is 4.23. The number of hydrogen-bond donors (Lipinski definition) is 2. The molecule has 0 radical (unpaired) electrons. The molecule has 33 heavy (non-hydrogen) atoms. The van der Waals surface area contributed by atoms with Crippen LogP contribution < -0.4 is 32.5 Å². The second-order valence-corrected chi connectivity index (χ2v) is 7.82. The molecular weight excluding hydrogens is 448 g/mol. The van der Waals surface area contributed by atoms with Crippen molar-refractivity contribution in [1.29, 1.82) is 0 Å². The average molecular weight is 471 g/mol. The van der Waals surface area contributed by atoms with Gasteiger partial charge in [0.1, 0.15) is 24.4 Å². The number of rotatable bonds is 6. The lowest BCUT2D eigenvalue weighted by molar-refractivity contribution is -0.900. The Hall–Kier alpha value is -3.63. The Labute approximate surface area is 195 Å². The number of halogens is 1. The zero-order valence-corrected chi connectivity index (χ0v) is 18.5. The van der Waals surface area contributed by atoms with Crippen LogP contribution in [-0.2, 0) is 0 Å². The quantitative estimate of drug-likeness (QED) is 0.246. The lowest BCUT2D eigenvalue weighted by Crippen LogP contribution is -3.15. The first-order chi connectivity index (χ1) is 15.6. The predicted octanol–water partition coefficient (Wildman–Crippen LogP) is -2.13. The van der Waals surface area contributed by atoms with Gasteiger partial charge in [0.25, 0.3) is 11.2 Å². The van der Waals surface area contributed by atoms with Crippen molar-refractivity contribution in [2.45, 2.75) is 0 Å². The molecule has 10 nitrogen and oxygen atoms in total. The lowest BCUT2D eigenvalue weighted by atomic mass is 10.2. The van der Waals surface area contributed by atoms with Gasteiger partial charge in [0.2, 0.25) is 5.88 Å². The maximum atomic E-state index is 12.1. The molecular formula is C22H23ClN6O4. The van der Waals surface area contributed by atoms with E-state index in [9.17, 15) is 14.9 Å². The standard InChI is InChI=1S/C22H22N6O4.ClH/c29-22-19-6-3-9-27(19)21-16(23-22)7-8-20(24-21)32-15-14-25-10-12-26(13-11-25)17-4-1-2-5-18(17)28(30)31;/h1-9H,10-15H2,(H,23,29);1H. The highest BCUT2D eigenvalue weighted by Gasteiger charge is 2.25. The van der Waals surface area contributed by atoms with Gasteiger partial charge in [-0.1, -0.05) is 12.1 Å². The topological polar surface area (TPSA) is 110 Å². The Bertz CT molecular complexity index is 1350. The van der Waals surface area contributed by atoms with E-state index < -0.39 is 0 Å². The minimum atomic E-state index is -0.323. The van der Waals surface area contributed by atoms with Gasteiger partial charge >= 0.3 is 0 Å². The molecule has 3 aromatic heterocycles. The van der Waals surface area contributed by atoms with E-state index in [0.717, 1.165) is 32.7 Å². The van der Waals surface area contributed by atoms with Crippen molar-refractivity contribution in [3.8, 4) is 5.88 Å². The van der Waals surface area contributed by atoms with Crippen molar-refractivity contribution < 1.29 is 27.0 Å². The number of hydrogen-bond acceptors (Lipinski definition) is 6. The van der Waals surface area contributed by atoms with Gasteiger partial charge in [0, 0.05) is 18.3 Å². The van der Waals surface area contributed by atoms with Crippen molar-refractivity contribution in [2.75, 3.05) is 44.2 Å². The van der Waals surface area contributed by atoms with Crippen molar-refractivity contribution in [1.82, 2.24) is 14.4 Å². The number of benzene rings is 1. The summed E-state index contributed by atoms with van der Waals surface area (Å²) in [6.07, 6.45) is 1.81. The summed E-state index contributed by atoms with van der Waals surface area (Å²) in [5, 5.41) is 11.3. The third-order valence-corrected chi connectivity index (χ3v) is 5.90. The summed E-state index contributed by atoms with van der Waals surface area (Å²) in [5.74, 6) is 0.512.